The van der Waals surface area contributed by atoms with Crippen LogP contribution in [0.4, 0.5) is 0 Å². The first-order valence-corrected chi connectivity index (χ1v) is 7.44. The van der Waals surface area contributed by atoms with Crippen LogP contribution in [0.5, 0.6) is 0 Å². The fourth-order valence-electron chi connectivity index (χ4n) is 3.08. The Morgan fingerprint density at radius 2 is 2.24 bits per heavy atom. The lowest BCUT2D eigenvalue weighted by Crippen LogP contribution is -2.46. The third-order valence-corrected chi connectivity index (χ3v) is 4.27. The second-order valence-electron chi connectivity index (χ2n) is 6.16. The third-order valence-electron chi connectivity index (χ3n) is 4.27. The number of carboxylic acid groups (broad SMARTS) is 1. The minimum atomic E-state index is -0.721. The van der Waals surface area contributed by atoms with E-state index in [1.807, 2.05) is 40.8 Å². The molecule has 2 unspecified atom stereocenters. The van der Waals surface area contributed by atoms with Gasteiger partial charge in [-0.3, -0.25) is 9.69 Å². The normalized spacial score (nSPS) is 23.5. The molecule has 0 saturated carbocycles. The molecule has 5 heteroatoms. The lowest BCUT2D eigenvalue weighted by atomic mass is 9.92. The average molecular weight is 287 g/mol. The molecule has 0 bridgehead atoms. The van der Waals surface area contributed by atoms with Crippen molar-refractivity contribution in [1.82, 2.24) is 14.3 Å². The number of fused-ring (bicyclic) bond motifs is 1. The van der Waals surface area contributed by atoms with Gasteiger partial charge in [0.2, 0.25) is 0 Å². The number of aliphatic carboxylic acids is 1. The maximum absolute atomic E-state index is 11.5. The molecule has 1 N–H and O–H groups in total. The highest BCUT2D eigenvalue weighted by molar-refractivity contribution is 5.73. The molecular formula is C16H21N3O2. The lowest BCUT2D eigenvalue weighted by Gasteiger charge is -2.35. The Hall–Kier alpha value is -1.88. The Balaban J connectivity index is 1.81. The summed E-state index contributed by atoms with van der Waals surface area (Å²) in [6.07, 6.45) is 5.82. The summed E-state index contributed by atoms with van der Waals surface area (Å²) in [5, 5.41) is 9.41. The Morgan fingerprint density at radius 1 is 1.43 bits per heavy atom. The largest absolute Gasteiger partial charge is 0.480 e. The van der Waals surface area contributed by atoms with E-state index in [2.05, 4.69) is 11.9 Å². The van der Waals surface area contributed by atoms with Crippen LogP contribution in [0.2, 0.25) is 0 Å². The van der Waals surface area contributed by atoms with Gasteiger partial charge in [0.25, 0.3) is 0 Å². The van der Waals surface area contributed by atoms with Crippen molar-refractivity contribution in [3.63, 3.8) is 0 Å². The number of rotatable bonds is 3. The number of pyridine rings is 1. The highest BCUT2D eigenvalue weighted by Gasteiger charge is 2.31. The quantitative estimate of drug-likeness (QED) is 0.941. The van der Waals surface area contributed by atoms with E-state index in [-0.39, 0.29) is 6.04 Å². The van der Waals surface area contributed by atoms with Crippen molar-refractivity contribution in [3.05, 3.63) is 35.8 Å². The highest BCUT2D eigenvalue weighted by Crippen LogP contribution is 2.24. The molecule has 0 aliphatic carbocycles. The summed E-state index contributed by atoms with van der Waals surface area (Å²) in [7, 11) is 0. The number of imidazole rings is 1. The minimum Gasteiger partial charge on any atom is -0.480 e. The topological polar surface area (TPSA) is 57.8 Å². The zero-order chi connectivity index (χ0) is 15.0. The van der Waals surface area contributed by atoms with Gasteiger partial charge in [-0.05, 0) is 43.9 Å². The molecule has 0 amide bonds. The highest BCUT2D eigenvalue weighted by atomic mass is 16.4. The van der Waals surface area contributed by atoms with Gasteiger partial charge < -0.3 is 9.51 Å². The molecule has 2 aromatic rings. The Kier molecular flexibility index (Phi) is 3.68. The Bertz CT molecular complexity index is 665. The molecule has 112 valence electrons. The van der Waals surface area contributed by atoms with Gasteiger partial charge in [0.1, 0.15) is 11.7 Å². The molecule has 1 aliphatic rings. The molecule has 1 fully saturated rings. The lowest BCUT2D eigenvalue weighted by molar-refractivity contribution is -0.145. The summed E-state index contributed by atoms with van der Waals surface area (Å²) in [5.41, 5.74) is 3.02. The van der Waals surface area contributed by atoms with Crippen LogP contribution in [0.25, 0.3) is 5.65 Å². The van der Waals surface area contributed by atoms with Gasteiger partial charge in [-0.15, -0.1) is 0 Å². The standard InChI is InChI=1S/C16H21N3O2/c1-11-5-6-18(14(7-11)16(20)21)9-13-10-19-8-12(2)3-4-15(19)17-13/h3-4,8,10-11,14H,5-7,9H2,1-2H3,(H,20,21). The molecule has 5 nitrogen and oxygen atoms in total. The Labute approximate surface area is 124 Å². The van der Waals surface area contributed by atoms with Crippen LogP contribution in [-0.2, 0) is 11.3 Å². The minimum absolute atomic E-state index is 0.389. The molecule has 0 aromatic carbocycles. The number of piperidine rings is 1. The summed E-state index contributed by atoms with van der Waals surface area (Å²) in [5.74, 6) is -0.243. The number of carbonyl (C=O) groups is 1. The first kappa shape index (κ1) is 14.1. The van der Waals surface area contributed by atoms with E-state index in [0.717, 1.165) is 30.7 Å². The third kappa shape index (κ3) is 2.93. The predicted molar refractivity (Wildman–Crippen MR) is 80.2 cm³/mol. The molecule has 1 saturated heterocycles. The smallest absolute Gasteiger partial charge is 0.320 e. The van der Waals surface area contributed by atoms with Crippen LogP contribution in [0.1, 0.15) is 31.0 Å². The number of likely N-dealkylation sites (tertiary alicyclic amines) is 1. The van der Waals surface area contributed by atoms with Gasteiger partial charge in [0.15, 0.2) is 0 Å². The van der Waals surface area contributed by atoms with Gasteiger partial charge in [0.05, 0.1) is 5.69 Å². The van der Waals surface area contributed by atoms with E-state index in [1.54, 1.807) is 0 Å². The molecule has 0 radical (unpaired) electrons. The first-order valence-electron chi connectivity index (χ1n) is 7.44. The predicted octanol–water partition coefficient (Wildman–Crippen LogP) is 2.33. The van der Waals surface area contributed by atoms with Crippen molar-refractivity contribution in [1.29, 1.82) is 0 Å². The molecule has 0 spiro atoms. The maximum atomic E-state index is 11.5. The maximum Gasteiger partial charge on any atom is 0.320 e. The molecule has 2 atom stereocenters. The molecule has 1 aliphatic heterocycles. The van der Waals surface area contributed by atoms with Crippen molar-refractivity contribution >= 4 is 11.6 Å². The Morgan fingerprint density at radius 3 is 3.00 bits per heavy atom. The van der Waals surface area contributed by atoms with Gasteiger partial charge in [-0.1, -0.05) is 13.0 Å². The van der Waals surface area contributed by atoms with Crippen LogP contribution in [0.15, 0.2) is 24.5 Å². The van der Waals surface area contributed by atoms with Crippen molar-refractivity contribution in [3.8, 4) is 0 Å². The molecule has 2 aromatic heterocycles. The van der Waals surface area contributed by atoms with Crippen molar-refractivity contribution in [2.75, 3.05) is 6.54 Å². The number of hydrogen-bond acceptors (Lipinski definition) is 3. The van der Waals surface area contributed by atoms with Crippen LogP contribution in [-0.4, -0.2) is 37.9 Å². The average Bonchev–Trinajstić information content (AvgIpc) is 2.82. The van der Waals surface area contributed by atoms with Gasteiger partial charge in [-0.2, -0.15) is 0 Å². The number of hydrogen-bond donors (Lipinski definition) is 1. The zero-order valence-electron chi connectivity index (χ0n) is 12.5. The summed E-state index contributed by atoms with van der Waals surface area (Å²) in [4.78, 5) is 18.1. The van der Waals surface area contributed by atoms with Crippen molar-refractivity contribution < 1.29 is 9.90 Å². The second kappa shape index (κ2) is 5.48. The van der Waals surface area contributed by atoms with Gasteiger partial charge in [-0.25, -0.2) is 4.98 Å². The van der Waals surface area contributed by atoms with E-state index in [1.165, 1.54) is 5.56 Å². The molecule has 3 rings (SSSR count). The molecule has 3 heterocycles. The fraction of sp³-hybridized carbons (Fsp3) is 0.500. The summed E-state index contributed by atoms with van der Waals surface area (Å²) >= 11 is 0. The number of nitrogens with zero attached hydrogens (tertiary/aromatic N) is 3. The first-order chi connectivity index (χ1) is 10.0. The van der Waals surface area contributed by atoms with E-state index in [9.17, 15) is 9.90 Å². The van der Waals surface area contributed by atoms with Gasteiger partial charge in [0, 0.05) is 18.9 Å². The molecule has 21 heavy (non-hydrogen) atoms. The van der Waals surface area contributed by atoms with Crippen molar-refractivity contribution in [2.24, 2.45) is 5.92 Å². The summed E-state index contributed by atoms with van der Waals surface area (Å²) in [6, 6.07) is 3.64. The SMILES string of the molecule is Cc1ccc2nc(CN3CCC(C)CC3C(=O)O)cn2c1. The van der Waals surface area contributed by atoms with E-state index in [0.29, 0.717) is 12.5 Å². The van der Waals surface area contributed by atoms with Gasteiger partial charge >= 0.3 is 5.97 Å². The number of aryl methyl sites for hydroxylation is 1. The van der Waals surface area contributed by atoms with Crippen LogP contribution >= 0.6 is 0 Å². The fourth-order valence-corrected chi connectivity index (χ4v) is 3.08. The van der Waals surface area contributed by atoms with Crippen LogP contribution in [0.3, 0.4) is 0 Å². The van der Waals surface area contributed by atoms with E-state index >= 15 is 0 Å². The number of carboxylic acids is 1. The van der Waals surface area contributed by atoms with E-state index in [4.69, 9.17) is 0 Å². The zero-order valence-corrected chi connectivity index (χ0v) is 12.5. The van der Waals surface area contributed by atoms with E-state index < -0.39 is 5.97 Å². The van der Waals surface area contributed by atoms with Crippen LogP contribution < -0.4 is 0 Å². The van der Waals surface area contributed by atoms with Crippen LogP contribution in [0, 0.1) is 12.8 Å². The summed E-state index contributed by atoms with van der Waals surface area (Å²) in [6.45, 7) is 5.60. The second-order valence-corrected chi connectivity index (χ2v) is 6.16. The molecular weight excluding hydrogens is 266 g/mol. The monoisotopic (exact) mass is 287 g/mol. The number of aromatic nitrogens is 2. The van der Waals surface area contributed by atoms with Crippen molar-refractivity contribution in [2.45, 2.75) is 39.3 Å². The summed E-state index contributed by atoms with van der Waals surface area (Å²) < 4.78 is 2.01.